The predicted molar refractivity (Wildman–Crippen MR) is 190 cm³/mol. The van der Waals surface area contributed by atoms with Crippen molar-refractivity contribution in [2.45, 2.75) is 137 Å². The van der Waals surface area contributed by atoms with Gasteiger partial charge >= 0.3 is 24.0 Å². The molecule has 0 heterocycles. The van der Waals surface area contributed by atoms with Crippen LogP contribution in [-0.2, 0) is 54.3 Å². The minimum atomic E-state index is -1.56. The highest BCUT2D eigenvalue weighted by Gasteiger charge is 2.34. The zero-order chi connectivity index (χ0) is 39.9. The van der Waals surface area contributed by atoms with Gasteiger partial charge in [-0.05, 0) is 80.2 Å². The Morgan fingerprint density at radius 2 is 1.15 bits per heavy atom. The number of hydrazine groups is 1. The average Bonchev–Trinajstić information content (AvgIpc) is 2.97. The van der Waals surface area contributed by atoms with Crippen molar-refractivity contribution < 1.29 is 52.5 Å². The van der Waals surface area contributed by atoms with E-state index >= 15 is 0 Å². The number of carbonyl (C=O) groups excluding carboxylic acids is 7. The SMILES string of the molecule is CC(C)[C@H](NC(=O)[C@H](CCC(=O)OC(C)(C)C)NC(=O)[C@H](CC(=O)OC(C)(C)C)NC(=O)OCc1ccccc1)C(=O)NNCC(=O)OC(C)(C)C. The molecule has 0 bridgehead atoms. The third-order valence-electron chi connectivity index (χ3n) is 6.41. The molecule has 5 N–H and O–H groups in total. The van der Waals surface area contributed by atoms with Crippen LogP contribution in [0.3, 0.4) is 0 Å². The number of benzene rings is 1. The molecular weight excluding hydrogens is 678 g/mol. The highest BCUT2D eigenvalue weighted by atomic mass is 16.6. The van der Waals surface area contributed by atoms with Crippen molar-refractivity contribution in [2.75, 3.05) is 6.54 Å². The number of alkyl carbamates (subject to hydrolysis) is 1. The van der Waals surface area contributed by atoms with Gasteiger partial charge in [-0.3, -0.25) is 34.2 Å². The Kier molecular flexibility index (Phi) is 17.7. The summed E-state index contributed by atoms with van der Waals surface area (Å²) in [6.07, 6.45) is -2.22. The van der Waals surface area contributed by atoms with E-state index in [4.69, 9.17) is 18.9 Å². The normalized spacial score (nSPS) is 13.5. The first-order chi connectivity index (χ1) is 23.8. The maximum Gasteiger partial charge on any atom is 0.408 e. The van der Waals surface area contributed by atoms with E-state index in [1.165, 1.54) is 0 Å². The molecule has 0 aromatic heterocycles. The third kappa shape index (κ3) is 20.2. The fourth-order valence-corrected chi connectivity index (χ4v) is 4.31. The molecule has 0 spiro atoms. The Bertz CT molecular complexity index is 1380. The summed E-state index contributed by atoms with van der Waals surface area (Å²) in [6.45, 7) is 17.8. The van der Waals surface area contributed by atoms with E-state index in [-0.39, 0.29) is 26.0 Å². The first kappa shape index (κ1) is 45.3. The van der Waals surface area contributed by atoms with Gasteiger partial charge in [0.15, 0.2) is 0 Å². The first-order valence-corrected chi connectivity index (χ1v) is 17.1. The molecular formula is C36H57N5O11. The molecule has 16 nitrogen and oxygen atoms in total. The highest BCUT2D eigenvalue weighted by molar-refractivity contribution is 5.95. The van der Waals surface area contributed by atoms with Gasteiger partial charge in [-0.1, -0.05) is 44.2 Å². The molecule has 0 radical (unpaired) electrons. The molecule has 0 unspecified atom stereocenters. The summed E-state index contributed by atoms with van der Waals surface area (Å²) in [4.78, 5) is 90.6. The number of esters is 3. The quantitative estimate of drug-likeness (QED) is 0.0887. The Hall–Kier alpha value is -4.73. The zero-order valence-corrected chi connectivity index (χ0v) is 32.2. The van der Waals surface area contributed by atoms with Crippen LogP contribution in [0.2, 0.25) is 0 Å². The molecule has 3 atom stereocenters. The van der Waals surface area contributed by atoms with Gasteiger partial charge in [0.1, 0.15) is 48.1 Å². The molecule has 0 fully saturated rings. The van der Waals surface area contributed by atoms with Crippen molar-refractivity contribution in [3.63, 3.8) is 0 Å². The van der Waals surface area contributed by atoms with E-state index in [0.717, 1.165) is 0 Å². The predicted octanol–water partition coefficient (Wildman–Crippen LogP) is 2.72. The zero-order valence-electron chi connectivity index (χ0n) is 32.2. The fourth-order valence-electron chi connectivity index (χ4n) is 4.31. The van der Waals surface area contributed by atoms with Crippen LogP contribution in [0, 0.1) is 5.92 Å². The van der Waals surface area contributed by atoms with Crippen LogP contribution < -0.4 is 26.8 Å². The van der Waals surface area contributed by atoms with Gasteiger partial charge < -0.3 is 34.9 Å². The Morgan fingerprint density at radius 1 is 0.635 bits per heavy atom. The monoisotopic (exact) mass is 735 g/mol. The Labute approximate surface area is 306 Å². The molecule has 1 rings (SSSR count). The molecule has 1 aromatic rings. The lowest BCUT2D eigenvalue weighted by Gasteiger charge is -2.27. The molecule has 16 heteroatoms. The van der Waals surface area contributed by atoms with E-state index in [1.54, 1.807) is 106 Å². The largest absolute Gasteiger partial charge is 0.460 e. The molecule has 4 amide bonds. The number of hydrogen-bond acceptors (Lipinski definition) is 12. The van der Waals surface area contributed by atoms with E-state index in [0.29, 0.717) is 5.56 Å². The van der Waals surface area contributed by atoms with E-state index in [1.807, 2.05) is 0 Å². The van der Waals surface area contributed by atoms with Gasteiger partial charge in [0.2, 0.25) is 11.8 Å². The molecule has 0 saturated heterocycles. The number of rotatable bonds is 17. The second kappa shape index (κ2) is 20.3. The van der Waals surface area contributed by atoms with Gasteiger partial charge in [-0.15, -0.1) is 0 Å². The van der Waals surface area contributed by atoms with Crippen LogP contribution in [0.1, 0.15) is 101 Å². The summed E-state index contributed by atoms with van der Waals surface area (Å²) in [5.74, 6) is -5.08. The van der Waals surface area contributed by atoms with Crippen LogP contribution >= 0.6 is 0 Å². The molecule has 0 saturated carbocycles. The number of hydrogen-bond donors (Lipinski definition) is 5. The topological polar surface area (TPSA) is 217 Å². The lowest BCUT2D eigenvalue weighted by Crippen LogP contribution is -2.59. The second-order valence-corrected chi connectivity index (χ2v) is 15.4. The maximum absolute atomic E-state index is 13.7. The first-order valence-electron chi connectivity index (χ1n) is 17.1. The van der Waals surface area contributed by atoms with Crippen LogP contribution in [0.5, 0.6) is 0 Å². The molecule has 292 valence electrons. The lowest BCUT2D eigenvalue weighted by atomic mass is 10.0. The van der Waals surface area contributed by atoms with Gasteiger partial charge in [-0.25, -0.2) is 10.2 Å². The van der Waals surface area contributed by atoms with Gasteiger partial charge in [-0.2, -0.15) is 0 Å². The summed E-state index contributed by atoms with van der Waals surface area (Å²) in [5.41, 5.74) is 3.05. The lowest BCUT2D eigenvalue weighted by molar-refractivity contribution is -0.156. The van der Waals surface area contributed by atoms with Crippen molar-refractivity contribution in [2.24, 2.45) is 5.92 Å². The van der Waals surface area contributed by atoms with E-state index in [9.17, 15) is 33.6 Å². The summed E-state index contributed by atoms with van der Waals surface area (Å²) in [6, 6.07) is 4.60. The minimum Gasteiger partial charge on any atom is -0.460 e. The number of nitrogens with one attached hydrogen (secondary N) is 5. The van der Waals surface area contributed by atoms with Crippen LogP contribution in [-0.4, -0.2) is 83.2 Å². The molecule has 1 aromatic carbocycles. The smallest absolute Gasteiger partial charge is 0.408 e. The minimum absolute atomic E-state index is 0.125. The number of ether oxygens (including phenoxy) is 4. The van der Waals surface area contributed by atoms with E-state index in [2.05, 4.69) is 26.8 Å². The van der Waals surface area contributed by atoms with Crippen LogP contribution in [0.25, 0.3) is 0 Å². The Morgan fingerprint density at radius 3 is 1.69 bits per heavy atom. The van der Waals surface area contributed by atoms with E-state index < -0.39 is 89.0 Å². The van der Waals surface area contributed by atoms with Gasteiger partial charge in [0.25, 0.3) is 5.91 Å². The van der Waals surface area contributed by atoms with Gasteiger partial charge in [0.05, 0.1) is 6.42 Å². The van der Waals surface area contributed by atoms with Gasteiger partial charge in [0, 0.05) is 6.42 Å². The summed E-state index contributed by atoms with van der Waals surface area (Å²) >= 11 is 0. The highest BCUT2D eigenvalue weighted by Crippen LogP contribution is 2.13. The van der Waals surface area contributed by atoms with Crippen molar-refractivity contribution in [3.8, 4) is 0 Å². The summed E-state index contributed by atoms with van der Waals surface area (Å²) in [7, 11) is 0. The van der Waals surface area contributed by atoms with Crippen LogP contribution in [0.4, 0.5) is 4.79 Å². The number of amides is 4. The summed E-state index contributed by atoms with van der Waals surface area (Å²) < 4.78 is 21.2. The summed E-state index contributed by atoms with van der Waals surface area (Å²) in [5, 5.41) is 7.44. The maximum atomic E-state index is 13.7. The van der Waals surface area contributed by atoms with Crippen LogP contribution in [0.15, 0.2) is 30.3 Å². The standard InChI is InChI=1S/C36H57N5O11/c1-22(2)29(32(47)41-37-20-28(44)52-36(9,10)11)40-30(45)24(17-18-26(42)50-34(3,4)5)38-31(46)25(19-27(43)51-35(6,7)8)39-33(48)49-21-23-15-13-12-14-16-23/h12-16,22,24-25,29,37H,17-21H2,1-11H3,(H,38,46)(H,39,48)(H,40,45)(H,41,47)/t24-,25-,29-/m0/s1. The van der Waals surface area contributed by atoms with Crippen molar-refractivity contribution >= 4 is 41.7 Å². The Balaban J connectivity index is 3.23. The second-order valence-electron chi connectivity index (χ2n) is 15.4. The molecule has 0 aliphatic carbocycles. The average molecular weight is 736 g/mol. The molecule has 0 aliphatic heterocycles. The van der Waals surface area contributed by atoms with Crippen molar-refractivity contribution in [3.05, 3.63) is 35.9 Å². The third-order valence-corrected chi connectivity index (χ3v) is 6.41. The van der Waals surface area contributed by atoms with Crippen molar-refractivity contribution in [1.82, 2.24) is 26.8 Å². The number of carbonyl (C=O) groups is 7. The molecule has 52 heavy (non-hydrogen) atoms. The van der Waals surface area contributed by atoms with Crippen molar-refractivity contribution in [1.29, 1.82) is 0 Å². The molecule has 0 aliphatic rings. The fraction of sp³-hybridized carbons (Fsp3) is 0.639.